The van der Waals surface area contributed by atoms with Crippen molar-refractivity contribution < 1.29 is 9.53 Å². The molecule has 0 saturated heterocycles. The number of Topliss-reactive ketones (excluding diaryl/α,β-unsaturated/α-hetero) is 1. The molecule has 25 heavy (non-hydrogen) atoms. The second-order valence-corrected chi connectivity index (χ2v) is 8.67. The van der Waals surface area contributed by atoms with Crippen LogP contribution in [0, 0.1) is 23.2 Å². The van der Waals surface area contributed by atoms with Crippen molar-refractivity contribution in [3.8, 4) is 5.75 Å². The van der Waals surface area contributed by atoms with Gasteiger partial charge < -0.3 is 10.1 Å². The van der Waals surface area contributed by atoms with Crippen molar-refractivity contribution in [3.05, 3.63) is 24.3 Å². The Kier molecular flexibility index (Phi) is 4.75. The molecule has 4 saturated carbocycles. The van der Waals surface area contributed by atoms with Crippen LogP contribution in [0.4, 0.5) is 5.69 Å². The number of ether oxygens (including phenoxy) is 1. The Hall–Kier alpha value is -1.51. The number of rotatable bonds is 8. The highest BCUT2D eigenvalue weighted by Crippen LogP contribution is 2.60. The van der Waals surface area contributed by atoms with E-state index in [1.807, 2.05) is 24.3 Å². The van der Waals surface area contributed by atoms with Crippen LogP contribution < -0.4 is 10.1 Å². The Bertz CT molecular complexity index is 572. The van der Waals surface area contributed by atoms with Crippen molar-refractivity contribution in [2.75, 3.05) is 18.5 Å². The summed E-state index contributed by atoms with van der Waals surface area (Å²) < 4.78 is 5.61. The maximum absolute atomic E-state index is 13.0. The van der Waals surface area contributed by atoms with E-state index in [0.717, 1.165) is 48.8 Å². The van der Waals surface area contributed by atoms with Gasteiger partial charge >= 0.3 is 0 Å². The summed E-state index contributed by atoms with van der Waals surface area (Å²) in [7, 11) is 0. The molecule has 4 aliphatic carbocycles. The van der Waals surface area contributed by atoms with Gasteiger partial charge in [-0.3, -0.25) is 4.79 Å². The quantitative estimate of drug-likeness (QED) is 0.718. The first-order valence-electron chi connectivity index (χ1n) is 10.2. The van der Waals surface area contributed by atoms with Gasteiger partial charge in [0.25, 0.3) is 0 Å². The van der Waals surface area contributed by atoms with Crippen LogP contribution in [-0.2, 0) is 4.79 Å². The van der Waals surface area contributed by atoms with Gasteiger partial charge in [0.05, 0.1) is 6.61 Å². The van der Waals surface area contributed by atoms with Crippen LogP contribution in [0.1, 0.15) is 58.3 Å². The zero-order valence-corrected chi connectivity index (χ0v) is 15.4. The maximum atomic E-state index is 13.0. The van der Waals surface area contributed by atoms with Gasteiger partial charge in [-0.05, 0) is 87.0 Å². The molecule has 136 valence electrons. The Balaban J connectivity index is 1.28. The third-order valence-corrected chi connectivity index (χ3v) is 6.64. The maximum Gasteiger partial charge on any atom is 0.140 e. The smallest absolute Gasteiger partial charge is 0.140 e. The van der Waals surface area contributed by atoms with Gasteiger partial charge in [0, 0.05) is 24.1 Å². The molecule has 0 amide bonds. The molecular weight excluding hydrogens is 310 g/mol. The van der Waals surface area contributed by atoms with Crippen molar-refractivity contribution in [2.45, 2.75) is 58.3 Å². The molecule has 1 aromatic rings. The molecule has 4 fully saturated rings. The predicted molar refractivity (Wildman–Crippen MR) is 101 cm³/mol. The Labute approximate surface area is 151 Å². The molecule has 4 bridgehead atoms. The molecule has 0 radical (unpaired) electrons. The molecule has 0 spiro atoms. The van der Waals surface area contributed by atoms with E-state index in [1.165, 1.54) is 38.5 Å². The van der Waals surface area contributed by atoms with Gasteiger partial charge in [-0.2, -0.15) is 0 Å². The van der Waals surface area contributed by atoms with E-state index >= 15 is 0 Å². The zero-order valence-electron chi connectivity index (χ0n) is 15.4. The van der Waals surface area contributed by atoms with Crippen molar-refractivity contribution >= 4 is 11.5 Å². The second-order valence-electron chi connectivity index (χ2n) is 8.67. The summed E-state index contributed by atoms with van der Waals surface area (Å²) in [6, 6.07) is 8.08. The molecule has 5 rings (SSSR count). The number of ketones is 1. The summed E-state index contributed by atoms with van der Waals surface area (Å²) in [5.41, 5.74) is 1.12. The molecule has 0 atom stereocenters. The second kappa shape index (κ2) is 7.01. The molecule has 1 N–H and O–H groups in total. The average molecular weight is 341 g/mol. The van der Waals surface area contributed by atoms with Crippen LogP contribution >= 0.6 is 0 Å². The van der Waals surface area contributed by atoms with Crippen molar-refractivity contribution in [1.82, 2.24) is 0 Å². The van der Waals surface area contributed by atoms with Gasteiger partial charge in [-0.15, -0.1) is 0 Å². The van der Waals surface area contributed by atoms with Crippen molar-refractivity contribution in [1.29, 1.82) is 0 Å². The lowest BCUT2D eigenvalue weighted by Crippen LogP contribution is -2.50. The van der Waals surface area contributed by atoms with Crippen LogP contribution in [0.3, 0.4) is 0 Å². The van der Waals surface area contributed by atoms with Crippen LogP contribution in [0.25, 0.3) is 0 Å². The van der Waals surface area contributed by atoms with Crippen LogP contribution in [0.2, 0.25) is 0 Å². The van der Waals surface area contributed by atoms with E-state index in [1.54, 1.807) is 0 Å². The fraction of sp³-hybridized carbons (Fsp3) is 0.682. The number of carbonyl (C=O) groups excluding carboxylic acids is 1. The third-order valence-electron chi connectivity index (χ3n) is 6.64. The minimum Gasteiger partial charge on any atom is -0.494 e. The predicted octanol–water partition coefficient (Wildman–Crippen LogP) is 5.06. The van der Waals surface area contributed by atoms with Gasteiger partial charge in [0.15, 0.2) is 0 Å². The SMILES string of the molecule is CCCOc1ccc(NCCC(=O)C23CC4CC(CC(C4)C2)C3)cc1. The Morgan fingerprint density at radius 2 is 1.68 bits per heavy atom. The molecule has 0 unspecified atom stereocenters. The lowest BCUT2D eigenvalue weighted by atomic mass is 9.48. The third kappa shape index (κ3) is 3.56. The lowest BCUT2D eigenvalue weighted by molar-refractivity contribution is -0.143. The van der Waals surface area contributed by atoms with Crippen LogP contribution in [-0.4, -0.2) is 18.9 Å². The molecule has 0 aromatic heterocycles. The first-order valence-corrected chi connectivity index (χ1v) is 10.2. The molecule has 0 heterocycles. The lowest BCUT2D eigenvalue weighted by Gasteiger charge is -2.56. The van der Waals surface area contributed by atoms with E-state index in [2.05, 4.69) is 12.2 Å². The molecule has 0 aliphatic heterocycles. The van der Waals surface area contributed by atoms with Gasteiger partial charge in [-0.1, -0.05) is 6.92 Å². The van der Waals surface area contributed by atoms with Gasteiger partial charge in [0.1, 0.15) is 11.5 Å². The number of hydrogen-bond donors (Lipinski definition) is 1. The summed E-state index contributed by atoms with van der Waals surface area (Å²) in [5.74, 6) is 3.98. The normalized spacial score (nSPS) is 32.6. The van der Waals surface area contributed by atoms with E-state index < -0.39 is 0 Å². The van der Waals surface area contributed by atoms with E-state index in [4.69, 9.17) is 4.74 Å². The van der Waals surface area contributed by atoms with Crippen LogP contribution in [0.5, 0.6) is 5.75 Å². The van der Waals surface area contributed by atoms with Gasteiger partial charge in [0.2, 0.25) is 0 Å². The average Bonchev–Trinajstić information content (AvgIpc) is 2.60. The highest BCUT2D eigenvalue weighted by molar-refractivity contribution is 5.85. The van der Waals surface area contributed by atoms with E-state index in [-0.39, 0.29) is 5.41 Å². The minimum absolute atomic E-state index is 0.0499. The molecule has 1 aromatic carbocycles. The Morgan fingerprint density at radius 1 is 1.08 bits per heavy atom. The van der Waals surface area contributed by atoms with Crippen molar-refractivity contribution in [3.63, 3.8) is 0 Å². The van der Waals surface area contributed by atoms with E-state index in [0.29, 0.717) is 12.2 Å². The monoisotopic (exact) mass is 341 g/mol. The summed E-state index contributed by atoms with van der Waals surface area (Å²) in [5, 5.41) is 3.41. The molecule has 3 nitrogen and oxygen atoms in total. The topological polar surface area (TPSA) is 38.3 Å². The van der Waals surface area contributed by atoms with Crippen molar-refractivity contribution in [2.24, 2.45) is 23.2 Å². The minimum atomic E-state index is 0.0499. The summed E-state index contributed by atoms with van der Waals surface area (Å²) >= 11 is 0. The summed E-state index contributed by atoms with van der Waals surface area (Å²) in [4.78, 5) is 13.0. The largest absolute Gasteiger partial charge is 0.494 e. The molecule has 4 aliphatic rings. The van der Waals surface area contributed by atoms with Crippen LogP contribution in [0.15, 0.2) is 24.3 Å². The Morgan fingerprint density at radius 3 is 2.24 bits per heavy atom. The summed E-state index contributed by atoms with van der Waals surface area (Å²) in [6.07, 6.45) is 9.43. The highest BCUT2D eigenvalue weighted by atomic mass is 16.5. The fourth-order valence-electron chi connectivity index (χ4n) is 5.93. The molecular formula is C22H31NO2. The first-order chi connectivity index (χ1) is 12.2. The number of carbonyl (C=O) groups is 1. The molecule has 3 heteroatoms. The number of hydrogen-bond acceptors (Lipinski definition) is 3. The first kappa shape index (κ1) is 16.9. The highest BCUT2D eigenvalue weighted by Gasteiger charge is 2.53. The van der Waals surface area contributed by atoms with Gasteiger partial charge in [-0.25, -0.2) is 0 Å². The van der Waals surface area contributed by atoms with E-state index in [9.17, 15) is 4.79 Å². The number of nitrogens with one attached hydrogen (secondary N) is 1. The number of benzene rings is 1. The summed E-state index contributed by atoms with van der Waals surface area (Å²) in [6.45, 7) is 3.61. The standard InChI is InChI=1S/C22H31NO2/c1-2-9-25-20-5-3-19(4-6-20)23-8-7-21(24)22-13-16-10-17(14-22)12-18(11-16)15-22/h3-6,16-18,23H,2,7-15H2,1H3. The number of anilines is 1. The fourth-order valence-corrected chi connectivity index (χ4v) is 5.93. The zero-order chi connectivity index (χ0) is 17.3.